The van der Waals surface area contributed by atoms with Gasteiger partial charge in [0, 0.05) is 31.0 Å². The van der Waals surface area contributed by atoms with Crippen LogP contribution in [0.2, 0.25) is 0 Å². The summed E-state index contributed by atoms with van der Waals surface area (Å²) in [4.78, 5) is 14.4. The lowest BCUT2D eigenvalue weighted by Crippen LogP contribution is -2.35. The van der Waals surface area contributed by atoms with E-state index < -0.39 is 0 Å². The molecule has 1 atom stereocenters. The highest BCUT2D eigenvalue weighted by atomic mass is 16.2. The zero-order valence-corrected chi connectivity index (χ0v) is 13.8. The standard InChI is InChI=1S/C17H29N3O/c1-5-18-17(13(3)4)14-9-10-19(11-14)12-16(21)20(6-2)15-7-8-15/h9-11,13,15,17-18H,5-8,12H2,1-4H3. The number of hydrogen-bond donors (Lipinski definition) is 1. The van der Waals surface area contributed by atoms with E-state index in [2.05, 4.69) is 45.3 Å². The smallest absolute Gasteiger partial charge is 0.242 e. The van der Waals surface area contributed by atoms with E-state index in [0.717, 1.165) is 13.1 Å². The number of aromatic nitrogens is 1. The number of likely N-dealkylation sites (N-methyl/N-ethyl adjacent to an activating group) is 1. The van der Waals surface area contributed by atoms with Crippen LogP contribution in [0.3, 0.4) is 0 Å². The largest absolute Gasteiger partial charge is 0.345 e. The quantitative estimate of drug-likeness (QED) is 0.799. The molecule has 1 aromatic heterocycles. The summed E-state index contributed by atoms with van der Waals surface area (Å²) in [6.45, 7) is 10.9. The molecule has 1 aromatic rings. The molecule has 0 spiro atoms. The van der Waals surface area contributed by atoms with Gasteiger partial charge in [-0.3, -0.25) is 4.79 Å². The monoisotopic (exact) mass is 291 g/mol. The van der Waals surface area contributed by atoms with Crippen molar-refractivity contribution < 1.29 is 4.79 Å². The summed E-state index contributed by atoms with van der Waals surface area (Å²) >= 11 is 0. The molecule has 0 aromatic carbocycles. The highest BCUT2D eigenvalue weighted by Gasteiger charge is 2.31. The number of nitrogens with zero attached hydrogens (tertiary/aromatic N) is 2. The molecule has 4 heteroatoms. The summed E-state index contributed by atoms with van der Waals surface area (Å²) in [6.07, 6.45) is 6.49. The maximum atomic E-state index is 12.4. The Kier molecular flexibility index (Phi) is 5.45. The lowest BCUT2D eigenvalue weighted by Gasteiger charge is -2.21. The van der Waals surface area contributed by atoms with Crippen molar-refractivity contribution >= 4 is 5.91 Å². The Hall–Kier alpha value is -1.29. The van der Waals surface area contributed by atoms with E-state index in [-0.39, 0.29) is 5.91 Å². The second-order valence-electron chi connectivity index (χ2n) is 6.31. The highest BCUT2D eigenvalue weighted by molar-refractivity contribution is 5.76. The van der Waals surface area contributed by atoms with Gasteiger partial charge >= 0.3 is 0 Å². The number of rotatable bonds is 8. The van der Waals surface area contributed by atoms with Crippen molar-refractivity contribution in [3.63, 3.8) is 0 Å². The zero-order valence-electron chi connectivity index (χ0n) is 13.8. The minimum Gasteiger partial charge on any atom is -0.345 e. The number of hydrogen-bond acceptors (Lipinski definition) is 2. The Balaban J connectivity index is 2.00. The van der Waals surface area contributed by atoms with Crippen LogP contribution in [-0.2, 0) is 11.3 Å². The number of nitrogens with one attached hydrogen (secondary N) is 1. The highest BCUT2D eigenvalue weighted by Crippen LogP contribution is 2.27. The van der Waals surface area contributed by atoms with Gasteiger partial charge in [-0.25, -0.2) is 0 Å². The van der Waals surface area contributed by atoms with Crippen molar-refractivity contribution in [1.82, 2.24) is 14.8 Å². The number of carbonyl (C=O) groups excluding carboxylic acids is 1. The van der Waals surface area contributed by atoms with E-state index in [1.165, 1.54) is 18.4 Å². The van der Waals surface area contributed by atoms with Crippen LogP contribution in [0.5, 0.6) is 0 Å². The molecule has 0 aliphatic heterocycles. The molecule has 4 nitrogen and oxygen atoms in total. The molecule has 0 saturated heterocycles. The van der Waals surface area contributed by atoms with E-state index in [4.69, 9.17) is 0 Å². The van der Waals surface area contributed by atoms with Crippen molar-refractivity contribution in [2.45, 2.75) is 59.2 Å². The molecular weight excluding hydrogens is 262 g/mol. The molecule has 0 bridgehead atoms. The van der Waals surface area contributed by atoms with E-state index >= 15 is 0 Å². The van der Waals surface area contributed by atoms with Gasteiger partial charge in [-0.05, 0) is 43.9 Å². The van der Waals surface area contributed by atoms with Gasteiger partial charge in [0.25, 0.3) is 0 Å². The Bertz CT molecular complexity index is 462. The maximum absolute atomic E-state index is 12.4. The average Bonchev–Trinajstić information content (AvgIpc) is 3.16. The van der Waals surface area contributed by atoms with Gasteiger partial charge in [0.2, 0.25) is 5.91 Å². The summed E-state index contributed by atoms with van der Waals surface area (Å²) in [6, 6.07) is 2.99. The van der Waals surface area contributed by atoms with Gasteiger partial charge in [-0.2, -0.15) is 0 Å². The third-order valence-electron chi connectivity index (χ3n) is 4.19. The fraction of sp³-hybridized carbons (Fsp3) is 0.706. The lowest BCUT2D eigenvalue weighted by atomic mass is 9.98. The van der Waals surface area contributed by atoms with E-state index in [1.54, 1.807) is 0 Å². The topological polar surface area (TPSA) is 37.3 Å². The molecule has 1 aliphatic carbocycles. The predicted octanol–water partition coefficient (Wildman–Crippen LogP) is 2.81. The Morgan fingerprint density at radius 1 is 1.43 bits per heavy atom. The van der Waals surface area contributed by atoms with Crippen LogP contribution in [0.4, 0.5) is 0 Å². The van der Waals surface area contributed by atoms with Gasteiger partial charge in [0.05, 0.1) is 0 Å². The summed E-state index contributed by atoms with van der Waals surface area (Å²) in [5, 5.41) is 3.52. The van der Waals surface area contributed by atoms with E-state index in [0.29, 0.717) is 24.5 Å². The molecular formula is C17H29N3O. The van der Waals surface area contributed by atoms with Gasteiger partial charge in [0.1, 0.15) is 6.54 Å². The van der Waals surface area contributed by atoms with Crippen LogP contribution in [0.15, 0.2) is 18.5 Å². The Morgan fingerprint density at radius 2 is 2.14 bits per heavy atom. The first-order chi connectivity index (χ1) is 10.1. The number of amides is 1. The minimum absolute atomic E-state index is 0.242. The minimum atomic E-state index is 0.242. The van der Waals surface area contributed by atoms with Crippen molar-refractivity contribution in [3.8, 4) is 0 Å². The van der Waals surface area contributed by atoms with E-state index in [9.17, 15) is 4.79 Å². The fourth-order valence-corrected chi connectivity index (χ4v) is 2.97. The fourth-order valence-electron chi connectivity index (χ4n) is 2.97. The van der Waals surface area contributed by atoms with Crippen molar-refractivity contribution in [1.29, 1.82) is 0 Å². The molecule has 1 amide bonds. The van der Waals surface area contributed by atoms with Crippen LogP contribution in [0, 0.1) is 5.92 Å². The number of carbonyl (C=O) groups is 1. The van der Waals surface area contributed by atoms with Gasteiger partial charge in [-0.1, -0.05) is 20.8 Å². The average molecular weight is 291 g/mol. The van der Waals surface area contributed by atoms with Crippen LogP contribution >= 0.6 is 0 Å². The Morgan fingerprint density at radius 3 is 2.67 bits per heavy atom. The molecule has 1 N–H and O–H groups in total. The molecule has 1 saturated carbocycles. The molecule has 118 valence electrons. The van der Waals surface area contributed by atoms with Gasteiger partial charge < -0.3 is 14.8 Å². The maximum Gasteiger partial charge on any atom is 0.242 e. The Labute approximate surface area is 128 Å². The van der Waals surface area contributed by atoms with Crippen molar-refractivity contribution in [2.24, 2.45) is 5.92 Å². The van der Waals surface area contributed by atoms with Gasteiger partial charge in [0.15, 0.2) is 0 Å². The SMILES string of the molecule is CCNC(c1ccn(CC(=O)N(CC)C2CC2)c1)C(C)C. The molecule has 0 radical (unpaired) electrons. The molecule has 1 unspecified atom stereocenters. The second kappa shape index (κ2) is 7.12. The first kappa shape index (κ1) is 16.1. The zero-order chi connectivity index (χ0) is 15.4. The summed E-state index contributed by atoms with van der Waals surface area (Å²) in [7, 11) is 0. The van der Waals surface area contributed by atoms with Crippen LogP contribution < -0.4 is 5.32 Å². The summed E-state index contributed by atoms with van der Waals surface area (Å²) in [5.41, 5.74) is 1.27. The molecule has 21 heavy (non-hydrogen) atoms. The van der Waals surface area contributed by atoms with Crippen molar-refractivity contribution in [3.05, 3.63) is 24.0 Å². The first-order valence-corrected chi connectivity index (χ1v) is 8.25. The third-order valence-corrected chi connectivity index (χ3v) is 4.19. The molecule has 1 heterocycles. The molecule has 2 rings (SSSR count). The first-order valence-electron chi connectivity index (χ1n) is 8.25. The van der Waals surface area contributed by atoms with Crippen LogP contribution in [0.25, 0.3) is 0 Å². The third kappa shape index (κ3) is 4.10. The molecule has 1 fully saturated rings. The summed E-state index contributed by atoms with van der Waals surface area (Å²) in [5.74, 6) is 0.779. The van der Waals surface area contributed by atoms with Crippen molar-refractivity contribution in [2.75, 3.05) is 13.1 Å². The summed E-state index contributed by atoms with van der Waals surface area (Å²) < 4.78 is 2.02. The predicted molar refractivity (Wildman–Crippen MR) is 86.1 cm³/mol. The van der Waals surface area contributed by atoms with Gasteiger partial charge in [-0.15, -0.1) is 0 Å². The molecule has 1 aliphatic rings. The lowest BCUT2D eigenvalue weighted by molar-refractivity contribution is -0.132. The second-order valence-corrected chi connectivity index (χ2v) is 6.31. The normalized spacial score (nSPS) is 16.2. The van der Waals surface area contributed by atoms with E-state index in [1.807, 2.05) is 15.7 Å². The van der Waals surface area contributed by atoms with Crippen LogP contribution in [-0.4, -0.2) is 34.5 Å². The van der Waals surface area contributed by atoms with Crippen LogP contribution in [0.1, 0.15) is 52.1 Å².